The van der Waals surface area contributed by atoms with Crippen molar-refractivity contribution in [2.24, 2.45) is 23.2 Å². The molecule has 0 amide bonds. The summed E-state index contributed by atoms with van der Waals surface area (Å²) in [6.45, 7) is 8.97. The number of allylic oxidation sites excluding steroid dienone is 1. The molecule has 2 rings (SSSR count). The number of aldehydes is 1. The van der Waals surface area contributed by atoms with Crippen molar-refractivity contribution in [3.05, 3.63) is 12.2 Å². The van der Waals surface area contributed by atoms with Gasteiger partial charge in [0.05, 0.1) is 0 Å². The molecule has 2 saturated carbocycles. The van der Waals surface area contributed by atoms with Gasteiger partial charge in [0, 0.05) is 6.42 Å². The van der Waals surface area contributed by atoms with Crippen molar-refractivity contribution in [2.75, 3.05) is 0 Å². The summed E-state index contributed by atoms with van der Waals surface area (Å²) in [6, 6.07) is 0. The molecular formula is C15H24O. The molecule has 1 nitrogen and oxygen atoms in total. The van der Waals surface area contributed by atoms with Crippen molar-refractivity contribution in [1.82, 2.24) is 0 Å². The lowest BCUT2D eigenvalue weighted by molar-refractivity contribution is -0.109. The fraction of sp³-hybridized carbons (Fsp3) is 0.800. The molecule has 0 bridgehead atoms. The van der Waals surface area contributed by atoms with Gasteiger partial charge in [-0.3, -0.25) is 0 Å². The second-order valence-corrected chi connectivity index (χ2v) is 6.13. The van der Waals surface area contributed by atoms with Crippen molar-refractivity contribution in [1.29, 1.82) is 0 Å². The summed E-state index contributed by atoms with van der Waals surface area (Å²) in [6.07, 6.45) is 8.31. The Hall–Kier alpha value is -0.590. The van der Waals surface area contributed by atoms with E-state index >= 15 is 0 Å². The Bertz CT molecular complexity index is 294. The Morgan fingerprint density at radius 2 is 2.31 bits per heavy atom. The molecule has 0 saturated heterocycles. The van der Waals surface area contributed by atoms with Crippen LogP contribution in [0.1, 0.15) is 52.4 Å². The molecular weight excluding hydrogens is 196 g/mol. The minimum atomic E-state index is 0.442. The van der Waals surface area contributed by atoms with Crippen LogP contribution in [0.15, 0.2) is 12.2 Å². The number of carbonyl (C=O) groups excluding carboxylic acids is 1. The van der Waals surface area contributed by atoms with Gasteiger partial charge in [0.15, 0.2) is 0 Å². The SMILES string of the molecule is C=C1CCC[C@]2(C)[C@@H](C(C)CC=O)CC[C@@H]12. The van der Waals surface area contributed by atoms with Gasteiger partial charge in [0.1, 0.15) is 6.29 Å². The maximum Gasteiger partial charge on any atom is 0.120 e. The quantitative estimate of drug-likeness (QED) is 0.519. The van der Waals surface area contributed by atoms with E-state index in [0.29, 0.717) is 11.3 Å². The number of fused-ring (bicyclic) bond motifs is 1. The molecule has 1 heteroatoms. The van der Waals surface area contributed by atoms with E-state index in [0.717, 1.165) is 24.5 Å². The van der Waals surface area contributed by atoms with Crippen LogP contribution < -0.4 is 0 Å². The first-order valence-electron chi connectivity index (χ1n) is 6.71. The third-order valence-corrected chi connectivity index (χ3v) is 5.27. The van der Waals surface area contributed by atoms with Crippen LogP contribution in [0.25, 0.3) is 0 Å². The summed E-state index contributed by atoms with van der Waals surface area (Å²) >= 11 is 0. The van der Waals surface area contributed by atoms with Gasteiger partial charge in [-0.15, -0.1) is 0 Å². The number of hydrogen-bond acceptors (Lipinski definition) is 1. The molecule has 16 heavy (non-hydrogen) atoms. The Balaban J connectivity index is 2.17. The average Bonchev–Trinajstić information content (AvgIpc) is 2.57. The standard InChI is InChI=1S/C15H24O/c1-11-5-4-9-15(3)13(11)6-7-14(15)12(2)8-10-16/h10,12-14H,1,4-9H2,2-3H3/t12?,13-,14+,15-/m0/s1. The zero-order valence-corrected chi connectivity index (χ0v) is 10.7. The van der Waals surface area contributed by atoms with E-state index < -0.39 is 0 Å². The lowest BCUT2D eigenvalue weighted by Crippen LogP contribution is -2.35. The lowest BCUT2D eigenvalue weighted by Gasteiger charge is -2.43. The van der Waals surface area contributed by atoms with Gasteiger partial charge in [0.25, 0.3) is 0 Å². The molecule has 90 valence electrons. The normalized spacial score (nSPS) is 40.5. The topological polar surface area (TPSA) is 17.1 Å². The van der Waals surface area contributed by atoms with Gasteiger partial charge < -0.3 is 4.79 Å². The highest BCUT2D eigenvalue weighted by Gasteiger charge is 2.50. The number of rotatable bonds is 3. The predicted molar refractivity (Wildman–Crippen MR) is 67.2 cm³/mol. The molecule has 4 atom stereocenters. The number of carbonyl (C=O) groups is 1. The summed E-state index contributed by atoms with van der Waals surface area (Å²) in [5, 5.41) is 0. The van der Waals surface area contributed by atoms with E-state index in [9.17, 15) is 4.79 Å². The minimum Gasteiger partial charge on any atom is -0.303 e. The van der Waals surface area contributed by atoms with E-state index in [1.165, 1.54) is 37.7 Å². The van der Waals surface area contributed by atoms with Crippen LogP contribution in [0.5, 0.6) is 0 Å². The highest BCUT2D eigenvalue weighted by atomic mass is 16.1. The Morgan fingerprint density at radius 1 is 1.56 bits per heavy atom. The fourth-order valence-electron chi connectivity index (χ4n) is 4.42. The molecule has 0 aromatic carbocycles. The maximum atomic E-state index is 10.7. The van der Waals surface area contributed by atoms with Gasteiger partial charge in [0.2, 0.25) is 0 Å². The molecule has 2 fully saturated rings. The summed E-state index contributed by atoms with van der Waals surface area (Å²) in [5.41, 5.74) is 1.92. The molecule has 2 aliphatic rings. The molecule has 0 aliphatic heterocycles. The first-order valence-corrected chi connectivity index (χ1v) is 6.71. The van der Waals surface area contributed by atoms with E-state index in [1.807, 2.05) is 0 Å². The number of hydrogen-bond donors (Lipinski definition) is 0. The summed E-state index contributed by atoms with van der Waals surface area (Å²) < 4.78 is 0. The monoisotopic (exact) mass is 220 g/mol. The van der Waals surface area contributed by atoms with E-state index in [1.54, 1.807) is 0 Å². The zero-order chi connectivity index (χ0) is 11.8. The first kappa shape index (κ1) is 11.9. The highest BCUT2D eigenvalue weighted by molar-refractivity contribution is 5.49. The minimum absolute atomic E-state index is 0.442. The molecule has 2 aliphatic carbocycles. The summed E-state index contributed by atoms with van der Waals surface area (Å²) in [7, 11) is 0. The highest BCUT2D eigenvalue weighted by Crippen LogP contribution is 2.59. The van der Waals surface area contributed by atoms with Crippen LogP contribution in [0.2, 0.25) is 0 Å². The predicted octanol–water partition coefficient (Wildman–Crippen LogP) is 3.98. The Kier molecular flexibility index (Phi) is 3.23. The average molecular weight is 220 g/mol. The largest absolute Gasteiger partial charge is 0.303 e. The van der Waals surface area contributed by atoms with Crippen LogP contribution in [0.4, 0.5) is 0 Å². The Morgan fingerprint density at radius 3 is 3.00 bits per heavy atom. The van der Waals surface area contributed by atoms with Gasteiger partial charge >= 0.3 is 0 Å². The second-order valence-electron chi connectivity index (χ2n) is 6.13. The molecule has 0 radical (unpaired) electrons. The molecule has 0 heterocycles. The van der Waals surface area contributed by atoms with Crippen molar-refractivity contribution in [3.8, 4) is 0 Å². The van der Waals surface area contributed by atoms with E-state index in [4.69, 9.17) is 0 Å². The van der Waals surface area contributed by atoms with Crippen LogP contribution in [0, 0.1) is 23.2 Å². The van der Waals surface area contributed by atoms with Crippen molar-refractivity contribution >= 4 is 6.29 Å². The fourth-order valence-corrected chi connectivity index (χ4v) is 4.42. The smallest absolute Gasteiger partial charge is 0.120 e. The van der Waals surface area contributed by atoms with E-state index in [2.05, 4.69) is 20.4 Å². The van der Waals surface area contributed by atoms with Gasteiger partial charge in [-0.2, -0.15) is 0 Å². The van der Waals surface area contributed by atoms with Crippen molar-refractivity contribution in [3.63, 3.8) is 0 Å². The maximum absolute atomic E-state index is 10.7. The third kappa shape index (κ3) is 1.74. The molecule has 0 N–H and O–H groups in total. The summed E-state index contributed by atoms with van der Waals surface area (Å²) in [5.74, 6) is 2.03. The molecule has 0 spiro atoms. The van der Waals surface area contributed by atoms with Crippen LogP contribution >= 0.6 is 0 Å². The zero-order valence-electron chi connectivity index (χ0n) is 10.7. The third-order valence-electron chi connectivity index (χ3n) is 5.27. The van der Waals surface area contributed by atoms with E-state index in [-0.39, 0.29) is 0 Å². The molecule has 0 aromatic rings. The van der Waals surface area contributed by atoms with Gasteiger partial charge in [-0.25, -0.2) is 0 Å². The molecule has 1 unspecified atom stereocenters. The first-order chi connectivity index (χ1) is 7.59. The Labute approximate surface area is 99.3 Å². The molecule has 0 aromatic heterocycles. The van der Waals surface area contributed by atoms with Gasteiger partial charge in [-0.05, 0) is 55.3 Å². The van der Waals surface area contributed by atoms with Crippen molar-refractivity contribution < 1.29 is 4.79 Å². The summed E-state index contributed by atoms with van der Waals surface area (Å²) in [4.78, 5) is 10.7. The van der Waals surface area contributed by atoms with Crippen LogP contribution in [-0.4, -0.2) is 6.29 Å². The van der Waals surface area contributed by atoms with Crippen LogP contribution in [0.3, 0.4) is 0 Å². The second kappa shape index (κ2) is 4.35. The van der Waals surface area contributed by atoms with Crippen molar-refractivity contribution in [2.45, 2.75) is 52.4 Å². The van der Waals surface area contributed by atoms with Crippen LogP contribution in [-0.2, 0) is 4.79 Å². The lowest BCUT2D eigenvalue weighted by atomic mass is 9.61. The van der Waals surface area contributed by atoms with Gasteiger partial charge in [-0.1, -0.05) is 26.0 Å².